The van der Waals surface area contributed by atoms with Crippen LogP contribution in [0, 0.1) is 0 Å². The Bertz CT molecular complexity index is 248. The predicted molar refractivity (Wildman–Crippen MR) is 70.8 cm³/mol. The van der Waals surface area contributed by atoms with E-state index in [0.717, 1.165) is 13.0 Å². The highest BCUT2D eigenvalue weighted by Gasteiger charge is 2.10. The monoisotopic (exact) mass is 241 g/mol. The van der Waals surface area contributed by atoms with Gasteiger partial charge >= 0.3 is 0 Å². The summed E-state index contributed by atoms with van der Waals surface area (Å²) in [6.07, 6.45) is 6.49. The molecule has 16 heavy (non-hydrogen) atoms. The van der Waals surface area contributed by atoms with Gasteiger partial charge in [0.05, 0.1) is 0 Å². The predicted octanol–water partition coefficient (Wildman–Crippen LogP) is 3.73. The van der Waals surface area contributed by atoms with E-state index in [9.17, 15) is 0 Å². The van der Waals surface area contributed by atoms with Crippen molar-refractivity contribution < 1.29 is 4.74 Å². The average molecular weight is 241 g/mol. The van der Waals surface area contributed by atoms with E-state index in [-0.39, 0.29) is 6.10 Å². The van der Waals surface area contributed by atoms with Crippen molar-refractivity contribution in [2.75, 3.05) is 13.2 Å². The van der Waals surface area contributed by atoms with E-state index < -0.39 is 0 Å². The third kappa shape index (κ3) is 5.10. The van der Waals surface area contributed by atoms with Crippen LogP contribution in [0.4, 0.5) is 0 Å². The summed E-state index contributed by atoms with van der Waals surface area (Å²) in [5, 5.41) is 2.07. The fourth-order valence-electron chi connectivity index (χ4n) is 1.67. The van der Waals surface area contributed by atoms with Crippen molar-refractivity contribution in [3.8, 4) is 0 Å². The minimum absolute atomic E-state index is 0.103. The summed E-state index contributed by atoms with van der Waals surface area (Å²) in [4.78, 5) is 1.25. The maximum Gasteiger partial charge on any atom is 0.104 e. The number of unbranched alkanes of at least 4 members (excludes halogenated alkanes) is 4. The van der Waals surface area contributed by atoms with Crippen LogP contribution in [0.5, 0.6) is 0 Å². The molecule has 0 aliphatic rings. The van der Waals surface area contributed by atoms with Crippen molar-refractivity contribution in [1.82, 2.24) is 0 Å². The summed E-state index contributed by atoms with van der Waals surface area (Å²) in [7, 11) is 0. The number of nitrogens with two attached hydrogens (primary N) is 1. The van der Waals surface area contributed by atoms with Crippen LogP contribution in [0.3, 0.4) is 0 Å². The minimum Gasteiger partial charge on any atom is -0.371 e. The Balaban J connectivity index is 2.11. The van der Waals surface area contributed by atoms with Gasteiger partial charge in [-0.2, -0.15) is 0 Å². The third-order valence-corrected chi connectivity index (χ3v) is 3.61. The zero-order valence-electron chi connectivity index (χ0n) is 10.2. The Labute approximate surface area is 103 Å². The van der Waals surface area contributed by atoms with E-state index in [0.29, 0.717) is 6.54 Å². The van der Waals surface area contributed by atoms with Gasteiger partial charge in [-0.1, -0.05) is 38.7 Å². The molecule has 0 saturated heterocycles. The van der Waals surface area contributed by atoms with E-state index in [1.807, 2.05) is 6.07 Å². The number of hydrogen-bond acceptors (Lipinski definition) is 3. The molecule has 1 aromatic rings. The van der Waals surface area contributed by atoms with Gasteiger partial charge in [0.25, 0.3) is 0 Å². The van der Waals surface area contributed by atoms with Gasteiger partial charge in [0, 0.05) is 18.0 Å². The number of hydrogen-bond donors (Lipinski definition) is 1. The SMILES string of the molecule is CCCCCCCOC(CN)c1cccs1. The van der Waals surface area contributed by atoms with Gasteiger partial charge in [-0.15, -0.1) is 11.3 Å². The smallest absolute Gasteiger partial charge is 0.104 e. The van der Waals surface area contributed by atoms with Gasteiger partial charge in [0.2, 0.25) is 0 Å². The Kier molecular flexibility index (Phi) is 7.47. The molecule has 0 saturated carbocycles. The highest BCUT2D eigenvalue weighted by atomic mass is 32.1. The maximum absolute atomic E-state index is 5.80. The summed E-state index contributed by atoms with van der Waals surface area (Å²) in [5.74, 6) is 0. The molecule has 92 valence electrons. The van der Waals surface area contributed by atoms with Crippen LogP contribution in [-0.4, -0.2) is 13.2 Å². The first kappa shape index (κ1) is 13.7. The lowest BCUT2D eigenvalue weighted by Crippen LogP contribution is -2.15. The molecule has 0 spiro atoms. The molecule has 2 N–H and O–H groups in total. The molecule has 0 radical (unpaired) electrons. The Morgan fingerprint density at radius 3 is 2.75 bits per heavy atom. The van der Waals surface area contributed by atoms with E-state index in [2.05, 4.69) is 18.4 Å². The first-order valence-electron chi connectivity index (χ1n) is 6.23. The van der Waals surface area contributed by atoms with E-state index in [1.54, 1.807) is 11.3 Å². The molecule has 1 unspecified atom stereocenters. The van der Waals surface area contributed by atoms with Gasteiger partial charge in [0.15, 0.2) is 0 Å². The largest absolute Gasteiger partial charge is 0.371 e. The number of thiophene rings is 1. The van der Waals surface area contributed by atoms with Crippen LogP contribution in [0.15, 0.2) is 17.5 Å². The van der Waals surface area contributed by atoms with E-state index in [4.69, 9.17) is 10.5 Å². The molecule has 0 aliphatic heterocycles. The average Bonchev–Trinajstić information content (AvgIpc) is 2.82. The summed E-state index contributed by atoms with van der Waals surface area (Å²) in [5.41, 5.74) is 5.71. The first-order chi connectivity index (χ1) is 7.88. The first-order valence-corrected chi connectivity index (χ1v) is 7.11. The highest BCUT2D eigenvalue weighted by Crippen LogP contribution is 2.21. The molecule has 1 aromatic heterocycles. The van der Waals surface area contributed by atoms with Crippen molar-refractivity contribution in [3.63, 3.8) is 0 Å². The standard InChI is InChI=1S/C13H23NOS/c1-2-3-4-5-6-9-15-12(11-14)13-8-7-10-16-13/h7-8,10,12H,2-6,9,11,14H2,1H3. The Hall–Kier alpha value is -0.380. The minimum atomic E-state index is 0.103. The van der Waals surface area contributed by atoms with Gasteiger partial charge in [-0.25, -0.2) is 0 Å². The third-order valence-electron chi connectivity index (χ3n) is 2.64. The van der Waals surface area contributed by atoms with E-state index in [1.165, 1.54) is 30.6 Å². The van der Waals surface area contributed by atoms with Crippen LogP contribution < -0.4 is 5.73 Å². The van der Waals surface area contributed by atoms with Crippen molar-refractivity contribution in [2.45, 2.75) is 45.1 Å². The zero-order valence-corrected chi connectivity index (χ0v) is 11.0. The van der Waals surface area contributed by atoms with Gasteiger partial charge in [-0.3, -0.25) is 0 Å². The Morgan fingerprint density at radius 2 is 2.12 bits per heavy atom. The lowest BCUT2D eigenvalue weighted by molar-refractivity contribution is 0.0581. The molecule has 1 heterocycles. The van der Waals surface area contributed by atoms with E-state index >= 15 is 0 Å². The molecule has 0 fully saturated rings. The summed E-state index contributed by atoms with van der Waals surface area (Å²) in [6.45, 7) is 3.65. The molecular formula is C13H23NOS. The van der Waals surface area contributed by atoms with Crippen LogP contribution >= 0.6 is 11.3 Å². The second-order valence-corrected chi connectivity index (χ2v) is 5.00. The lowest BCUT2D eigenvalue weighted by Gasteiger charge is -2.14. The highest BCUT2D eigenvalue weighted by molar-refractivity contribution is 7.10. The van der Waals surface area contributed by atoms with Crippen molar-refractivity contribution in [3.05, 3.63) is 22.4 Å². The molecule has 3 heteroatoms. The lowest BCUT2D eigenvalue weighted by atomic mass is 10.2. The zero-order chi connectivity index (χ0) is 11.6. The van der Waals surface area contributed by atoms with Gasteiger partial charge < -0.3 is 10.5 Å². The van der Waals surface area contributed by atoms with Crippen LogP contribution in [-0.2, 0) is 4.74 Å². The van der Waals surface area contributed by atoms with Gasteiger partial charge in [0.1, 0.15) is 6.10 Å². The second-order valence-electron chi connectivity index (χ2n) is 4.02. The van der Waals surface area contributed by atoms with Crippen molar-refractivity contribution in [2.24, 2.45) is 5.73 Å². The molecule has 0 bridgehead atoms. The van der Waals surface area contributed by atoms with Crippen LogP contribution in [0.25, 0.3) is 0 Å². The summed E-state index contributed by atoms with van der Waals surface area (Å²) in [6, 6.07) is 4.15. The fraction of sp³-hybridized carbons (Fsp3) is 0.692. The number of ether oxygens (including phenoxy) is 1. The molecule has 1 rings (SSSR count). The fourth-order valence-corrected chi connectivity index (χ4v) is 2.46. The second kappa shape index (κ2) is 8.74. The van der Waals surface area contributed by atoms with Crippen LogP contribution in [0.2, 0.25) is 0 Å². The van der Waals surface area contributed by atoms with Gasteiger partial charge in [-0.05, 0) is 17.9 Å². The molecular weight excluding hydrogens is 218 g/mol. The summed E-state index contributed by atoms with van der Waals surface area (Å²) >= 11 is 1.72. The maximum atomic E-state index is 5.80. The molecule has 0 amide bonds. The normalized spacial score (nSPS) is 12.9. The molecule has 0 aromatic carbocycles. The quantitative estimate of drug-likeness (QED) is 0.668. The number of rotatable bonds is 9. The van der Waals surface area contributed by atoms with Crippen molar-refractivity contribution in [1.29, 1.82) is 0 Å². The summed E-state index contributed by atoms with van der Waals surface area (Å²) < 4.78 is 5.80. The Morgan fingerprint density at radius 1 is 1.31 bits per heavy atom. The van der Waals surface area contributed by atoms with Crippen LogP contribution in [0.1, 0.15) is 50.0 Å². The van der Waals surface area contributed by atoms with Crippen molar-refractivity contribution >= 4 is 11.3 Å². The molecule has 2 nitrogen and oxygen atoms in total. The molecule has 1 atom stereocenters. The topological polar surface area (TPSA) is 35.2 Å². The molecule has 0 aliphatic carbocycles.